The molecule has 0 fully saturated rings. The van der Waals surface area contributed by atoms with Crippen molar-refractivity contribution in [2.45, 2.75) is 44.6 Å². The number of rotatable bonds is 14. The van der Waals surface area contributed by atoms with Gasteiger partial charge in [-0.05, 0) is 56.5 Å². The van der Waals surface area contributed by atoms with Crippen molar-refractivity contribution >= 4 is 27.5 Å². The molecule has 0 saturated carbocycles. The van der Waals surface area contributed by atoms with Gasteiger partial charge in [0, 0.05) is 13.1 Å². The highest BCUT2D eigenvalue weighted by Gasteiger charge is 2.33. The Balaban J connectivity index is 2.00. The van der Waals surface area contributed by atoms with Gasteiger partial charge in [-0.15, -0.1) is 0 Å². The van der Waals surface area contributed by atoms with Crippen LogP contribution >= 0.6 is 0 Å². The number of para-hydroxylation sites is 2. The summed E-state index contributed by atoms with van der Waals surface area (Å²) in [6.45, 7) is 5.98. The largest absolute Gasteiger partial charge is 0.492 e. The van der Waals surface area contributed by atoms with Crippen LogP contribution in [-0.4, -0.2) is 57.4 Å². The number of sulfonamides is 1. The quantitative estimate of drug-likeness (QED) is 0.323. The van der Waals surface area contributed by atoms with Gasteiger partial charge in [-0.25, -0.2) is 8.42 Å². The highest BCUT2D eigenvalue weighted by Crippen LogP contribution is 2.32. The lowest BCUT2D eigenvalue weighted by atomic mass is 10.1. The topological polar surface area (TPSA) is 96.0 Å². The molecule has 0 aliphatic carbocycles. The fraction of sp³-hybridized carbons (Fsp3) is 0.333. The number of carbonyl (C=O) groups excluding carboxylic acids is 2. The molecule has 0 aliphatic rings. The van der Waals surface area contributed by atoms with E-state index in [0.29, 0.717) is 25.3 Å². The molecular formula is C30H37N3O5S. The van der Waals surface area contributed by atoms with Crippen molar-refractivity contribution in [1.82, 2.24) is 10.2 Å². The predicted molar refractivity (Wildman–Crippen MR) is 153 cm³/mol. The average molecular weight is 552 g/mol. The molecule has 0 aliphatic heterocycles. The van der Waals surface area contributed by atoms with Crippen molar-refractivity contribution in [2.24, 2.45) is 0 Å². The van der Waals surface area contributed by atoms with E-state index in [-0.39, 0.29) is 23.0 Å². The van der Waals surface area contributed by atoms with Gasteiger partial charge >= 0.3 is 0 Å². The van der Waals surface area contributed by atoms with Crippen LogP contribution in [0.3, 0.4) is 0 Å². The van der Waals surface area contributed by atoms with Gasteiger partial charge in [0.1, 0.15) is 18.3 Å². The van der Waals surface area contributed by atoms with Crippen LogP contribution in [0.5, 0.6) is 5.75 Å². The van der Waals surface area contributed by atoms with Gasteiger partial charge in [-0.1, -0.05) is 67.6 Å². The van der Waals surface area contributed by atoms with E-state index in [1.54, 1.807) is 56.3 Å². The maximum Gasteiger partial charge on any atom is 0.264 e. The van der Waals surface area contributed by atoms with Crippen LogP contribution in [0.1, 0.15) is 32.8 Å². The molecule has 0 bridgehead atoms. The molecular weight excluding hydrogens is 514 g/mol. The second-order valence-corrected chi connectivity index (χ2v) is 10.9. The van der Waals surface area contributed by atoms with E-state index in [4.69, 9.17) is 4.74 Å². The molecule has 0 heterocycles. The average Bonchev–Trinajstić information content (AvgIpc) is 2.96. The number of nitrogens with zero attached hydrogens (tertiary/aromatic N) is 2. The number of amides is 2. The molecule has 1 N–H and O–H groups in total. The lowest BCUT2D eigenvalue weighted by Crippen LogP contribution is -2.52. The second kappa shape index (κ2) is 14.3. The van der Waals surface area contributed by atoms with Crippen LogP contribution in [0.15, 0.2) is 89.8 Å². The first kappa shape index (κ1) is 29.7. The molecule has 3 aromatic carbocycles. The SMILES string of the molecule is CCCNC(=O)[C@H](C)N(CCc1ccccc1)C(=O)CN(c1ccccc1OCC)S(=O)(=O)c1ccccc1. The molecule has 39 heavy (non-hydrogen) atoms. The van der Waals surface area contributed by atoms with E-state index in [0.717, 1.165) is 16.3 Å². The molecule has 208 valence electrons. The highest BCUT2D eigenvalue weighted by molar-refractivity contribution is 7.92. The highest BCUT2D eigenvalue weighted by atomic mass is 32.2. The Hall–Kier alpha value is -3.85. The van der Waals surface area contributed by atoms with E-state index < -0.39 is 28.5 Å². The molecule has 8 nitrogen and oxygen atoms in total. The minimum Gasteiger partial charge on any atom is -0.492 e. The molecule has 0 radical (unpaired) electrons. The summed E-state index contributed by atoms with van der Waals surface area (Å²) in [6.07, 6.45) is 1.27. The van der Waals surface area contributed by atoms with Crippen LogP contribution in [0.25, 0.3) is 0 Å². The van der Waals surface area contributed by atoms with Crippen molar-refractivity contribution < 1.29 is 22.7 Å². The Bertz CT molecular complexity index is 1320. The van der Waals surface area contributed by atoms with E-state index in [1.165, 1.54) is 17.0 Å². The predicted octanol–water partition coefficient (Wildman–Crippen LogP) is 4.27. The van der Waals surface area contributed by atoms with Gasteiger partial charge in [-0.3, -0.25) is 13.9 Å². The maximum absolute atomic E-state index is 13.9. The first-order valence-corrected chi connectivity index (χ1v) is 14.6. The maximum atomic E-state index is 13.9. The summed E-state index contributed by atoms with van der Waals surface area (Å²) in [4.78, 5) is 28.3. The molecule has 3 rings (SSSR count). The van der Waals surface area contributed by atoms with Crippen LogP contribution in [0.2, 0.25) is 0 Å². The van der Waals surface area contributed by atoms with Crippen LogP contribution in [0.4, 0.5) is 5.69 Å². The lowest BCUT2D eigenvalue weighted by Gasteiger charge is -2.32. The number of hydrogen-bond acceptors (Lipinski definition) is 5. The number of hydrogen-bond donors (Lipinski definition) is 1. The molecule has 3 aromatic rings. The van der Waals surface area contributed by atoms with Crippen molar-refractivity contribution in [3.8, 4) is 5.75 Å². The normalized spacial score (nSPS) is 11.9. The molecule has 0 spiro atoms. The molecule has 2 amide bonds. The summed E-state index contributed by atoms with van der Waals surface area (Å²) >= 11 is 0. The third-order valence-electron chi connectivity index (χ3n) is 6.24. The summed E-state index contributed by atoms with van der Waals surface area (Å²) in [5.41, 5.74) is 1.26. The summed E-state index contributed by atoms with van der Waals surface area (Å²) < 4.78 is 34.6. The third-order valence-corrected chi connectivity index (χ3v) is 8.02. The minimum atomic E-state index is -4.15. The van der Waals surface area contributed by atoms with Crippen LogP contribution < -0.4 is 14.4 Å². The van der Waals surface area contributed by atoms with Crippen molar-refractivity contribution in [2.75, 3.05) is 30.5 Å². The first-order valence-electron chi connectivity index (χ1n) is 13.2. The summed E-state index contributed by atoms with van der Waals surface area (Å²) in [5, 5.41) is 2.85. The summed E-state index contributed by atoms with van der Waals surface area (Å²) in [5.74, 6) is -0.432. The Morgan fingerprint density at radius 2 is 1.51 bits per heavy atom. The van der Waals surface area contributed by atoms with E-state index >= 15 is 0 Å². The molecule has 0 saturated heterocycles. The Morgan fingerprint density at radius 3 is 2.15 bits per heavy atom. The standard InChI is InChI=1S/C30H37N3O5S/c1-4-21-31-30(35)24(3)32(22-20-25-14-8-6-9-15-25)29(34)23-33(27-18-12-13-19-28(27)38-5-2)39(36,37)26-16-10-7-11-17-26/h6-19,24H,4-5,20-23H2,1-3H3,(H,31,35)/t24-/m0/s1. The molecule has 9 heteroatoms. The minimum absolute atomic E-state index is 0.0497. The van der Waals surface area contributed by atoms with Gasteiger partial charge in [-0.2, -0.15) is 0 Å². The number of carbonyl (C=O) groups is 2. The van der Waals surface area contributed by atoms with Gasteiger partial charge in [0.25, 0.3) is 10.0 Å². The summed E-state index contributed by atoms with van der Waals surface area (Å²) in [7, 11) is -4.15. The zero-order valence-corrected chi connectivity index (χ0v) is 23.6. The zero-order valence-electron chi connectivity index (χ0n) is 22.7. The van der Waals surface area contributed by atoms with Crippen LogP contribution in [-0.2, 0) is 26.0 Å². The number of benzene rings is 3. The summed E-state index contributed by atoms with van der Waals surface area (Å²) in [6, 6.07) is 23.6. The van der Waals surface area contributed by atoms with Gasteiger partial charge in [0.05, 0.1) is 17.2 Å². The van der Waals surface area contributed by atoms with Crippen molar-refractivity contribution in [1.29, 1.82) is 0 Å². The Labute approximate surface area is 231 Å². The molecule has 0 aromatic heterocycles. The van der Waals surface area contributed by atoms with Gasteiger partial charge in [0.15, 0.2) is 0 Å². The van der Waals surface area contributed by atoms with Crippen molar-refractivity contribution in [3.05, 3.63) is 90.5 Å². The van der Waals surface area contributed by atoms with Gasteiger partial charge in [0.2, 0.25) is 11.8 Å². The first-order chi connectivity index (χ1) is 18.8. The van der Waals surface area contributed by atoms with E-state index in [1.807, 2.05) is 37.3 Å². The molecule has 1 atom stereocenters. The number of nitrogens with one attached hydrogen (secondary N) is 1. The molecule has 0 unspecified atom stereocenters. The van der Waals surface area contributed by atoms with Crippen LogP contribution in [0, 0.1) is 0 Å². The Morgan fingerprint density at radius 1 is 0.897 bits per heavy atom. The number of anilines is 1. The zero-order chi connectivity index (χ0) is 28.3. The Kier molecular flexibility index (Phi) is 10.9. The smallest absolute Gasteiger partial charge is 0.264 e. The van der Waals surface area contributed by atoms with Gasteiger partial charge < -0.3 is 15.0 Å². The number of ether oxygens (including phenoxy) is 1. The fourth-order valence-corrected chi connectivity index (χ4v) is 5.59. The fourth-order valence-electron chi connectivity index (χ4n) is 4.14. The monoisotopic (exact) mass is 551 g/mol. The van der Waals surface area contributed by atoms with E-state index in [2.05, 4.69) is 5.32 Å². The van der Waals surface area contributed by atoms with E-state index in [9.17, 15) is 18.0 Å². The third kappa shape index (κ3) is 7.83. The lowest BCUT2D eigenvalue weighted by molar-refractivity contribution is -0.138. The van der Waals surface area contributed by atoms with Crippen molar-refractivity contribution in [3.63, 3.8) is 0 Å². The second-order valence-electron chi connectivity index (χ2n) is 9.02.